The number of benzene rings is 3. The Morgan fingerprint density at radius 1 is 0.970 bits per heavy atom. The first kappa shape index (κ1) is 24.8. The number of nitrogens with one attached hydrogen (secondary N) is 1. The van der Waals surface area contributed by atoms with E-state index in [1.165, 1.54) is 24.3 Å². The van der Waals surface area contributed by atoms with Crippen LogP contribution in [-0.2, 0) is 20.6 Å². The van der Waals surface area contributed by atoms with Gasteiger partial charge in [0.2, 0.25) is 5.91 Å². The summed E-state index contributed by atoms with van der Waals surface area (Å²) in [5.41, 5.74) is 2.29. The van der Waals surface area contributed by atoms with E-state index in [9.17, 15) is 17.6 Å². The van der Waals surface area contributed by atoms with Gasteiger partial charge in [-0.05, 0) is 60.6 Å². The highest BCUT2D eigenvalue weighted by Gasteiger charge is 2.27. The van der Waals surface area contributed by atoms with Crippen LogP contribution in [0.4, 0.5) is 10.1 Å². The van der Waals surface area contributed by atoms with Gasteiger partial charge in [0, 0.05) is 12.3 Å². The number of hydrogen-bond donors (Lipinski definition) is 1. The Hall–Kier alpha value is -2.84. The lowest BCUT2D eigenvalue weighted by molar-refractivity contribution is -0.119. The van der Waals surface area contributed by atoms with E-state index in [-0.39, 0.29) is 23.2 Å². The molecule has 0 aliphatic carbocycles. The standard InChI is InChI=1S/C25H27FN2O3S2/c1-20-8-5-6-11-24(20)28(33(30,31)23-9-3-2-4-10-23)18-25(29)27-16-7-17-32-19-21-12-14-22(26)15-13-21/h2-6,8-15H,7,16-19H2,1H3,(H,27,29). The van der Waals surface area contributed by atoms with Crippen LogP contribution in [0.3, 0.4) is 0 Å². The second-order valence-corrected chi connectivity index (χ2v) is 10.5. The number of aryl methyl sites for hydroxylation is 1. The maximum absolute atomic E-state index is 13.3. The normalized spacial score (nSPS) is 11.2. The van der Waals surface area contributed by atoms with Crippen LogP contribution in [0, 0.1) is 12.7 Å². The summed E-state index contributed by atoms with van der Waals surface area (Å²) < 4.78 is 40.7. The molecule has 33 heavy (non-hydrogen) atoms. The van der Waals surface area contributed by atoms with Crippen molar-refractivity contribution in [3.8, 4) is 0 Å². The van der Waals surface area contributed by atoms with E-state index in [2.05, 4.69) is 5.32 Å². The van der Waals surface area contributed by atoms with E-state index in [0.717, 1.165) is 33.4 Å². The molecule has 0 aliphatic heterocycles. The molecule has 5 nitrogen and oxygen atoms in total. The Morgan fingerprint density at radius 2 is 1.64 bits per heavy atom. The van der Waals surface area contributed by atoms with Gasteiger partial charge in [-0.25, -0.2) is 12.8 Å². The van der Waals surface area contributed by atoms with Gasteiger partial charge in [-0.15, -0.1) is 0 Å². The van der Waals surface area contributed by atoms with Gasteiger partial charge in [0.25, 0.3) is 10.0 Å². The van der Waals surface area contributed by atoms with Crippen LogP contribution in [0.5, 0.6) is 0 Å². The van der Waals surface area contributed by atoms with Crippen LogP contribution in [0.1, 0.15) is 17.5 Å². The molecule has 0 atom stereocenters. The van der Waals surface area contributed by atoms with Crippen LogP contribution in [-0.4, -0.2) is 33.2 Å². The lowest BCUT2D eigenvalue weighted by Gasteiger charge is -2.25. The average molecular weight is 487 g/mol. The van der Waals surface area contributed by atoms with Crippen molar-refractivity contribution in [2.75, 3.05) is 23.1 Å². The van der Waals surface area contributed by atoms with Crippen molar-refractivity contribution in [2.24, 2.45) is 0 Å². The van der Waals surface area contributed by atoms with Gasteiger partial charge >= 0.3 is 0 Å². The van der Waals surface area contributed by atoms with Crippen molar-refractivity contribution in [2.45, 2.75) is 24.0 Å². The summed E-state index contributed by atoms with van der Waals surface area (Å²) in [7, 11) is -3.90. The molecule has 0 fully saturated rings. The number of carbonyl (C=O) groups excluding carboxylic acids is 1. The summed E-state index contributed by atoms with van der Waals surface area (Å²) >= 11 is 1.70. The van der Waals surface area contributed by atoms with E-state index in [0.29, 0.717) is 12.2 Å². The number of hydrogen-bond acceptors (Lipinski definition) is 4. The quantitative estimate of drug-likeness (QED) is 0.397. The molecule has 3 aromatic rings. The smallest absolute Gasteiger partial charge is 0.264 e. The minimum Gasteiger partial charge on any atom is -0.354 e. The van der Waals surface area contributed by atoms with E-state index in [1.807, 2.05) is 19.1 Å². The van der Waals surface area contributed by atoms with Gasteiger partial charge in [0.05, 0.1) is 10.6 Å². The number of amides is 1. The SMILES string of the molecule is Cc1ccccc1N(CC(=O)NCCCSCc1ccc(F)cc1)S(=O)(=O)c1ccccc1. The van der Waals surface area contributed by atoms with Crippen molar-refractivity contribution in [3.05, 3.63) is 95.8 Å². The number of para-hydroxylation sites is 1. The first-order chi connectivity index (χ1) is 15.9. The monoisotopic (exact) mass is 486 g/mol. The molecule has 0 saturated heterocycles. The van der Waals surface area contributed by atoms with Crippen LogP contribution >= 0.6 is 11.8 Å². The zero-order valence-corrected chi connectivity index (χ0v) is 20.0. The molecule has 3 rings (SSSR count). The summed E-state index contributed by atoms with van der Waals surface area (Å²) in [6, 6.07) is 21.6. The highest BCUT2D eigenvalue weighted by atomic mass is 32.2. The van der Waals surface area contributed by atoms with Gasteiger partial charge in [0.1, 0.15) is 12.4 Å². The van der Waals surface area contributed by atoms with Crippen molar-refractivity contribution in [1.82, 2.24) is 5.32 Å². The molecule has 174 valence electrons. The van der Waals surface area contributed by atoms with Crippen LogP contribution < -0.4 is 9.62 Å². The molecule has 0 bridgehead atoms. The molecule has 3 aromatic carbocycles. The van der Waals surface area contributed by atoms with Gasteiger partial charge in [-0.2, -0.15) is 11.8 Å². The molecule has 1 amide bonds. The lowest BCUT2D eigenvalue weighted by atomic mass is 10.2. The van der Waals surface area contributed by atoms with Crippen LogP contribution in [0.15, 0.2) is 83.8 Å². The first-order valence-corrected chi connectivity index (χ1v) is 13.2. The summed E-state index contributed by atoms with van der Waals surface area (Å²) in [6.07, 6.45) is 0.743. The molecule has 0 heterocycles. The third-order valence-corrected chi connectivity index (χ3v) is 7.86. The molecule has 0 unspecified atom stereocenters. The molecule has 0 saturated carbocycles. The highest BCUT2D eigenvalue weighted by Crippen LogP contribution is 2.26. The molecule has 1 N–H and O–H groups in total. The third-order valence-electron chi connectivity index (χ3n) is 4.97. The van der Waals surface area contributed by atoms with Crippen molar-refractivity contribution >= 4 is 33.4 Å². The van der Waals surface area contributed by atoms with Gasteiger partial charge in [-0.1, -0.05) is 48.5 Å². The first-order valence-electron chi connectivity index (χ1n) is 10.6. The summed E-state index contributed by atoms with van der Waals surface area (Å²) in [4.78, 5) is 12.8. The molecule has 0 aromatic heterocycles. The van der Waals surface area contributed by atoms with Crippen molar-refractivity contribution < 1.29 is 17.6 Å². The van der Waals surface area contributed by atoms with E-state index < -0.39 is 10.0 Å². The molecule has 0 aliphatic rings. The van der Waals surface area contributed by atoms with Crippen molar-refractivity contribution in [3.63, 3.8) is 0 Å². The Balaban J connectivity index is 1.57. The van der Waals surface area contributed by atoms with Crippen LogP contribution in [0.25, 0.3) is 0 Å². The fraction of sp³-hybridized carbons (Fsp3) is 0.240. The molecule has 0 spiro atoms. The number of sulfonamides is 1. The summed E-state index contributed by atoms with van der Waals surface area (Å²) in [5.74, 6) is 0.980. The zero-order chi connectivity index (χ0) is 23.7. The second kappa shape index (κ2) is 11.9. The summed E-state index contributed by atoms with van der Waals surface area (Å²) in [5, 5.41) is 2.82. The fourth-order valence-electron chi connectivity index (χ4n) is 3.22. The third kappa shape index (κ3) is 7.07. The Morgan fingerprint density at radius 3 is 2.33 bits per heavy atom. The molecule has 8 heteroatoms. The van der Waals surface area contributed by atoms with Gasteiger partial charge in [0.15, 0.2) is 0 Å². The maximum atomic E-state index is 13.3. The minimum absolute atomic E-state index is 0.137. The highest BCUT2D eigenvalue weighted by molar-refractivity contribution is 7.98. The zero-order valence-electron chi connectivity index (χ0n) is 18.4. The number of carbonyl (C=O) groups is 1. The summed E-state index contributed by atoms with van der Waals surface area (Å²) in [6.45, 7) is 1.96. The minimum atomic E-state index is -3.90. The predicted octanol–water partition coefficient (Wildman–Crippen LogP) is 4.77. The van der Waals surface area contributed by atoms with Crippen LogP contribution in [0.2, 0.25) is 0 Å². The largest absolute Gasteiger partial charge is 0.354 e. The Kier molecular flexibility index (Phi) is 8.91. The number of halogens is 1. The number of anilines is 1. The number of nitrogens with zero attached hydrogens (tertiary/aromatic N) is 1. The molecular formula is C25H27FN2O3S2. The predicted molar refractivity (Wildman–Crippen MR) is 132 cm³/mol. The number of rotatable bonds is 11. The van der Waals surface area contributed by atoms with E-state index in [1.54, 1.807) is 54.2 Å². The van der Waals surface area contributed by atoms with Gasteiger partial charge in [-0.3, -0.25) is 9.10 Å². The lowest BCUT2D eigenvalue weighted by Crippen LogP contribution is -2.41. The van der Waals surface area contributed by atoms with Gasteiger partial charge < -0.3 is 5.32 Å². The molecular weight excluding hydrogens is 459 g/mol. The maximum Gasteiger partial charge on any atom is 0.264 e. The van der Waals surface area contributed by atoms with Crippen molar-refractivity contribution in [1.29, 1.82) is 0 Å². The Labute approximate surface area is 199 Å². The average Bonchev–Trinajstić information content (AvgIpc) is 2.82. The fourth-order valence-corrected chi connectivity index (χ4v) is 5.65. The molecule has 0 radical (unpaired) electrons. The second-order valence-electron chi connectivity index (χ2n) is 7.49. The number of thioether (sulfide) groups is 1. The van der Waals surface area contributed by atoms with E-state index in [4.69, 9.17) is 0 Å². The topological polar surface area (TPSA) is 66.5 Å². The van der Waals surface area contributed by atoms with E-state index >= 15 is 0 Å². The Bertz CT molecular complexity index is 1150.